The van der Waals surface area contributed by atoms with Crippen LogP contribution >= 0.6 is 0 Å². The number of rotatable bonds is 3. The van der Waals surface area contributed by atoms with Gasteiger partial charge in [-0.25, -0.2) is 4.98 Å². The molecule has 2 heterocycles. The Bertz CT molecular complexity index is 609. The number of pyridine rings is 1. The van der Waals surface area contributed by atoms with Gasteiger partial charge in [0.1, 0.15) is 11.5 Å². The van der Waals surface area contributed by atoms with E-state index in [1.165, 1.54) is 25.7 Å². The molecule has 0 aliphatic heterocycles. The van der Waals surface area contributed by atoms with Gasteiger partial charge >= 0.3 is 0 Å². The molecule has 1 fully saturated rings. The van der Waals surface area contributed by atoms with Crippen molar-refractivity contribution in [3.63, 3.8) is 0 Å². The van der Waals surface area contributed by atoms with Crippen molar-refractivity contribution in [1.82, 2.24) is 9.38 Å². The van der Waals surface area contributed by atoms with Crippen LogP contribution in [0.1, 0.15) is 47.9 Å². The lowest BCUT2D eigenvalue weighted by atomic mass is 10.1. The molecule has 2 aromatic heterocycles. The van der Waals surface area contributed by atoms with E-state index in [1.807, 2.05) is 26.2 Å². The second kappa shape index (κ2) is 4.68. The van der Waals surface area contributed by atoms with E-state index < -0.39 is 0 Å². The minimum absolute atomic E-state index is 0.499. The van der Waals surface area contributed by atoms with Crippen molar-refractivity contribution < 1.29 is 4.79 Å². The molecule has 0 radical (unpaired) electrons. The number of fused-ring (bicyclic) bond motifs is 1. The molecule has 0 spiro atoms. The Kier molecular flexibility index (Phi) is 3.01. The van der Waals surface area contributed by atoms with Gasteiger partial charge in [0, 0.05) is 26.2 Å². The van der Waals surface area contributed by atoms with Gasteiger partial charge in [0.2, 0.25) is 0 Å². The highest BCUT2D eigenvalue weighted by Gasteiger charge is 2.23. The molecule has 4 nitrogen and oxygen atoms in total. The third-order valence-electron chi connectivity index (χ3n) is 4.03. The summed E-state index contributed by atoms with van der Waals surface area (Å²) in [6.07, 6.45) is 7.85. The Hall–Kier alpha value is -1.84. The Morgan fingerprint density at radius 1 is 1.32 bits per heavy atom. The van der Waals surface area contributed by atoms with Gasteiger partial charge in [-0.15, -0.1) is 0 Å². The molecule has 0 unspecified atom stereocenters. The van der Waals surface area contributed by atoms with Gasteiger partial charge in [-0.3, -0.25) is 4.79 Å². The third kappa shape index (κ3) is 2.01. The average molecular weight is 257 g/mol. The molecule has 0 bridgehead atoms. The van der Waals surface area contributed by atoms with Gasteiger partial charge in [0.05, 0.1) is 11.2 Å². The molecule has 0 amide bonds. The van der Waals surface area contributed by atoms with Crippen molar-refractivity contribution in [2.45, 2.75) is 31.6 Å². The first-order valence-corrected chi connectivity index (χ1v) is 6.85. The quantitative estimate of drug-likeness (QED) is 0.793. The number of carbonyl (C=O) groups is 1. The van der Waals surface area contributed by atoms with E-state index in [2.05, 4.69) is 20.5 Å². The smallest absolute Gasteiger partial charge is 0.170 e. The highest BCUT2D eigenvalue weighted by Crippen LogP contribution is 2.34. The first-order valence-electron chi connectivity index (χ1n) is 6.85. The lowest BCUT2D eigenvalue weighted by molar-refractivity contribution is 0.112. The monoisotopic (exact) mass is 257 g/mol. The number of aromatic nitrogens is 2. The maximum atomic E-state index is 11.2. The topological polar surface area (TPSA) is 37.6 Å². The predicted molar refractivity (Wildman–Crippen MR) is 76.1 cm³/mol. The van der Waals surface area contributed by atoms with Crippen molar-refractivity contribution in [3.05, 3.63) is 29.8 Å². The van der Waals surface area contributed by atoms with E-state index in [-0.39, 0.29) is 0 Å². The molecule has 19 heavy (non-hydrogen) atoms. The number of carbonyl (C=O) groups excluding carboxylic acids is 1. The Balaban J connectivity index is 2.18. The van der Waals surface area contributed by atoms with Crippen molar-refractivity contribution >= 4 is 17.5 Å². The number of aldehydes is 1. The first kappa shape index (κ1) is 12.2. The summed E-state index contributed by atoms with van der Waals surface area (Å²) in [5, 5.41) is 0. The standard InChI is InChI=1S/C15H19N3O/c1-17(2)12-7-8-14-13(10-19)16-15(18(14)9-12)11-5-3-4-6-11/h7-11H,3-6H2,1-2H3. The van der Waals surface area contributed by atoms with E-state index in [1.54, 1.807) is 0 Å². The lowest BCUT2D eigenvalue weighted by Crippen LogP contribution is -2.10. The summed E-state index contributed by atoms with van der Waals surface area (Å²) in [5.41, 5.74) is 2.61. The maximum Gasteiger partial charge on any atom is 0.170 e. The number of anilines is 1. The summed E-state index contributed by atoms with van der Waals surface area (Å²) < 4.78 is 2.11. The zero-order chi connectivity index (χ0) is 13.4. The molecular weight excluding hydrogens is 238 g/mol. The van der Waals surface area contributed by atoms with Crippen LogP contribution in [0.5, 0.6) is 0 Å². The first-order chi connectivity index (χ1) is 9.20. The van der Waals surface area contributed by atoms with E-state index in [0.717, 1.165) is 23.3 Å². The van der Waals surface area contributed by atoms with Gasteiger partial charge in [-0.2, -0.15) is 0 Å². The zero-order valence-electron chi connectivity index (χ0n) is 11.5. The molecule has 1 aliphatic rings. The normalized spacial score (nSPS) is 16.1. The number of nitrogens with zero attached hydrogens (tertiary/aromatic N) is 3. The van der Waals surface area contributed by atoms with Crippen LogP contribution in [-0.2, 0) is 0 Å². The van der Waals surface area contributed by atoms with Gasteiger partial charge in [-0.1, -0.05) is 12.8 Å². The summed E-state index contributed by atoms with van der Waals surface area (Å²) in [5.74, 6) is 1.55. The van der Waals surface area contributed by atoms with E-state index >= 15 is 0 Å². The highest BCUT2D eigenvalue weighted by molar-refractivity contribution is 5.84. The second-order valence-electron chi connectivity index (χ2n) is 5.49. The fourth-order valence-electron chi connectivity index (χ4n) is 2.95. The molecule has 3 rings (SSSR count). The van der Waals surface area contributed by atoms with E-state index in [0.29, 0.717) is 11.6 Å². The van der Waals surface area contributed by atoms with Crippen molar-refractivity contribution in [1.29, 1.82) is 0 Å². The molecular formula is C15H19N3O. The lowest BCUT2D eigenvalue weighted by Gasteiger charge is -2.14. The van der Waals surface area contributed by atoms with Crippen LogP contribution in [0.25, 0.3) is 5.52 Å². The van der Waals surface area contributed by atoms with Crippen molar-refractivity contribution in [2.24, 2.45) is 0 Å². The minimum atomic E-state index is 0.499. The minimum Gasteiger partial charge on any atom is -0.376 e. The fraction of sp³-hybridized carbons (Fsp3) is 0.467. The average Bonchev–Trinajstić information content (AvgIpc) is 3.04. The molecule has 4 heteroatoms. The van der Waals surface area contributed by atoms with Crippen LogP contribution in [0.3, 0.4) is 0 Å². The number of hydrogen-bond donors (Lipinski definition) is 0. The fourth-order valence-corrected chi connectivity index (χ4v) is 2.95. The van der Waals surface area contributed by atoms with E-state index in [9.17, 15) is 4.79 Å². The summed E-state index contributed by atoms with van der Waals surface area (Å²) in [4.78, 5) is 17.8. The van der Waals surface area contributed by atoms with Crippen LogP contribution in [0.4, 0.5) is 5.69 Å². The predicted octanol–water partition coefficient (Wildman–Crippen LogP) is 2.87. The van der Waals surface area contributed by atoms with Crippen LogP contribution < -0.4 is 4.90 Å². The second-order valence-corrected chi connectivity index (χ2v) is 5.49. The summed E-state index contributed by atoms with van der Waals surface area (Å²) in [6, 6.07) is 4.02. The molecule has 0 saturated heterocycles. The van der Waals surface area contributed by atoms with E-state index in [4.69, 9.17) is 0 Å². The van der Waals surface area contributed by atoms with Crippen molar-refractivity contribution in [2.75, 3.05) is 19.0 Å². The maximum absolute atomic E-state index is 11.2. The molecule has 0 atom stereocenters. The molecule has 100 valence electrons. The SMILES string of the molecule is CN(C)c1ccc2c(C=O)nc(C3CCCC3)n2c1. The van der Waals surface area contributed by atoms with Crippen LogP contribution in [0.2, 0.25) is 0 Å². The molecule has 2 aromatic rings. The Morgan fingerprint density at radius 2 is 2.05 bits per heavy atom. The summed E-state index contributed by atoms with van der Waals surface area (Å²) >= 11 is 0. The third-order valence-corrected chi connectivity index (χ3v) is 4.03. The van der Waals surface area contributed by atoms with Gasteiger partial charge in [0.25, 0.3) is 0 Å². The van der Waals surface area contributed by atoms with Gasteiger partial charge in [-0.05, 0) is 25.0 Å². The van der Waals surface area contributed by atoms with Crippen LogP contribution in [0.15, 0.2) is 18.3 Å². The number of hydrogen-bond acceptors (Lipinski definition) is 3. The zero-order valence-corrected chi connectivity index (χ0v) is 11.5. The van der Waals surface area contributed by atoms with Crippen molar-refractivity contribution in [3.8, 4) is 0 Å². The summed E-state index contributed by atoms with van der Waals surface area (Å²) in [7, 11) is 4.04. The van der Waals surface area contributed by atoms with Crippen LogP contribution in [0, 0.1) is 0 Å². The van der Waals surface area contributed by atoms with Gasteiger partial charge < -0.3 is 9.30 Å². The number of imidazole rings is 1. The van der Waals surface area contributed by atoms with Crippen LogP contribution in [-0.4, -0.2) is 29.8 Å². The molecule has 1 saturated carbocycles. The molecule has 0 N–H and O–H groups in total. The highest BCUT2D eigenvalue weighted by atomic mass is 16.1. The van der Waals surface area contributed by atoms with Gasteiger partial charge in [0.15, 0.2) is 6.29 Å². The Labute approximate surface area is 113 Å². The molecule has 0 aromatic carbocycles. The Morgan fingerprint density at radius 3 is 2.68 bits per heavy atom. The largest absolute Gasteiger partial charge is 0.376 e. The molecule has 1 aliphatic carbocycles. The summed E-state index contributed by atoms with van der Waals surface area (Å²) in [6.45, 7) is 0.